The molecule has 3 N–H and O–H groups in total. The van der Waals surface area contributed by atoms with Gasteiger partial charge in [-0.1, -0.05) is 35.3 Å². The molecule has 0 bridgehead atoms. The van der Waals surface area contributed by atoms with Gasteiger partial charge < -0.3 is 11.1 Å². The van der Waals surface area contributed by atoms with E-state index in [1.165, 1.54) is 0 Å². The van der Waals surface area contributed by atoms with Crippen LogP contribution in [-0.4, -0.2) is 5.91 Å². The summed E-state index contributed by atoms with van der Waals surface area (Å²) in [6, 6.07) is 10.7. The summed E-state index contributed by atoms with van der Waals surface area (Å²) in [6.45, 7) is 0. The molecule has 3 rings (SSSR count). The van der Waals surface area contributed by atoms with Crippen LogP contribution in [0.15, 0.2) is 36.4 Å². The second kappa shape index (κ2) is 5.68. The van der Waals surface area contributed by atoms with Crippen molar-refractivity contribution < 1.29 is 4.79 Å². The number of nitrogens with two attached hydrogens (primary N) is 1. The summed E-state index contributed by atoms with van der Waals surface area (Å²) in [5, 5.41) is 4.06. The van der Waals surface area contributed by atoms with Gasteiger partial charge in [-0.15, -0.1) is 0 Å². The van der Waals surface area contributed by atoms with Crippen LogP contribution in [0.3, 0.4) is 0 Å². The zero-order valence-electron chi connectivity index (χ0n) is 11.2. The fourth-order valence-corrected chi connectivity index (χ4v) is 2.94. The van der Waals surface area contributed by atoms with Gasteiger partial charge in [0.05, 0.1) is 6.04 Å². The molecule has 1 amide bonds. The number of amides is 1. The number of rotatable bonds is 2. The molecule has 1 unspecified atom stereocenters. The van der Waals surface area contributed by atoms with Gasteiger partial charge >= 0.3 is 0 Å². The lowest BCUT2D eigenvalue weighted by Gasteiger charge is -2.20. The van der Waals surface area contributed by atoms with Crippen LogP contribution in [-0.2, 0) is 11.2 Å². The van der Waals surface area contributed by atoms with E-state index in [-0.39, 0.29) is 11.9 Å². The zero-order valence-corrected chi connectivity index (χ0v) is 12.7. The predicted octanol–water partition coefficient (Wildman–Crippen LogP) is 3.93. The summed E-state index contributed by atoms with van der Waals surface area (Å²) < 4.78 is 0. The highest BCUT2D eigenvalue weighted by atomic mass is 35.5. The number of carbonyl (C=O) groups excluding carboxylic acids is 1. The van der Waals surface area contributed by atoms with Gasteiger partial charge in [0.2, 0.25) is 5.91 Å². The number of hydrogen-bond donors (Lipinski definition) is 2. The second-order valence-electron chi connectivity index (χ2n) is 5.11. The van der Waals surface area contributed by atoms with E-state index >= 15 is 0 Å². The Bertz CT molecular complexity index is 715. The maximum atomic E-state index is 11.4. The molecule has 0 aliphatic carbocycles. The number of benzene rings is 2. The van der Waals surface area contributed by atoms with Crippen LogP contribution >= 0.6 is 23.2 Å². The molecule has 1 heterocycles. The molecule has 0 radical (unpaired) electrons. The van der Waals surface area contributed by atoms with Crippen LogP contribution in [0.2, 0.25) is 10.0 Å². The van der Waals surface area contributed by atoms with Crippen molar-refractivity contribution in [2.45, 2.75) is 18.9 Å². The maximum absolute atomic E-state index is 11.4. The Hall–Kier alpha value is -1.55. The van der Waals surface area contributed by atoms with Crippen LogP contribution in [0.25, 0.3) is 0 Å². The average Bonchev–Trinajstić information content (AvgIpc) is 2.48. The molecule has 0 fully saturated rings. The van der Waals surface area contributed by atoms with Gasteiger partial charge in [0, 0.05) is 22.2 Å². The van der Waals surface area contributed by atoms with Crippen LogP contribution in [0.5, 0.6) is 0 Å². The molecule has 0 spiro atoms. The molecule has 0 saturated heterocycles. The van der Waals surface area contributed by atoms with Gasteiger partial charge in [0.1, 0.15) is 0 Å². The summed E-state index contributed by atoms with van der Waals surface area (Å²) in [5.74, 6) is 0.0532. The Morgan fingerprint density at radius 1 is 1.10 bits per heavy atom. The Kier molecular flexibility index (Phi) is 3.89. The second-order valence-corrected chi connectivity index (χ2v) is 5.95. The summed E-state index contributed by atoms with van der Waals surface area (Å²) in [7, 11) is 0. The Morgan fingerprint density at radius 2 is 1.90 bits per heavy atom. The smallest absolute Gasteiger partial charge is 0.224 e. The molecule has 1 aliphatic rings. The highest BCUT2D eigenvalue weighted by Gasteiger charge is 2.18. The molecule has 5 heteroatoms. The maximum Gasteiger partial charge on any atom is 0.224 e. The third-order valence-corrected chi connectivity index (χ3v) is 4.26. The first-order valence-corrected chi connectivity index (χ1v) is 7.43. The fraction of sp³-hybridized carbons (Fsp3) is 0.188. The van der Waals surface area contributed by atoms with Gasteiger partial charge in [-0.25, -0.2) is 0 Å². The third kappa shape index (κ3) is 2.91. The highest BCUT2D eigenvalue weighted by molar-refractivity contribution is 6.33. The molecule has 0 saturated carbocycles. The standard InChI is InChI=1S/C16H14Cl2N2O/c17-11-3-4-13(18)12(8-11)16(19)10-1-5-14-9(7-10)2-6-15(21)20-14/h1,3-5,7-8,16H,2,6,19H2,(H,20,21). The van der Waals surface area contributed by atoms with Crippen molar-refractivity contribution >= 4 is 34.8 Å². The number of nitrogens with one attached hydrogen (secondary N) is 1. The SMILES string of the molecule is NC(c1ccc2c(c1)CCC(=O)N2)c1cc(Cl)ccc1Cl. The summed E-state index contributed by atoms with van der Waals surface area (Å²) in [4.78, 5) is 11.4. The quantitative estimate of drug-likeness (QED) is 0.880. The van der Waals surface area contributed by atoms with E-state index in [1.54, 1.807) is 18.2 Å². The summed E-state index contributed by atoms with van der Waals surface area (Å²) >= 11 is 12.2. The van der Waals surface area contributed by atoms with E-state index in [1.807, 2.05) is 18.2 Å². The zero-order chi connectivity index (χ0) is 15.0. The number of carbonyl (C=O) groups is 1. The van der Waals surface area contributed by atoms with Crippen LogP contribution < -0.4 is 11.1 Å². The van der Waals surface area contributed by atoms with Crippen LogP contribution in [0.1, 0.15) is 29.2 Å². The Morgan fingerprint density at radius 3 is 2.71 bits per heavy atom. The van der Waals surface area contributed by atoms with Crippen molar-refractivity contribution in [1.29, 1.82) is 0 Å². The molecule has 1 atom stereocenters. The van der Waals surface area contributed by atoms with Crippen molar-refractivity contribution in [2.75, 3.05) is 5.32 Å². The first-order chi connectivity index (χ1) is 10.0. The van der Waals surface area contributed by atoms with Gasteiger partial charge in [0.25, 0.3) is 0 Å². The largest absolute Gasteiger partial charge is 0.326 e. The fourth-order valence-electron chi connectivity index (χ4n) is 2.53. The van der Waals surface area contributed by atoms with Crippen molar-refractivity contribution in [3.63, 3.8) is 0 Å². The molecule has 0 aromatic heterocycles. The van der Waals surface area contributed by atoms with E-state index in [2.05, 4.69) is 5.32 Å². The molecule has 2 aromatic carbocycles. The monoisotopic (exact) mass is 320 g/mol. The Balaban J connectivity index is 1.97. The van der Waals surface area contributed by atoms with Crippen molar-refractivity contribution in [2.24, 2.45) is 5.73 Å². The minimum Gasteiger partial charge on any atom is -0.326 e. The number of fused-ring (bicyclic) bond motifs is 1. The lowest BCUT2D eigenvalue weighted by molar-refractivity contribution is -0.116. The first-order valence-electron chi connectivity index (χ1n) is 6.68. The molecule has 2 aromatic rings. The molecule has 21 heavy (non-hydrogen) atoms. The number of hydrogen-bond acceptors (Lipinski definition) is 2. The minimum absolute atomic E-state index is 0.0532. The first kappa shape index (κ1) is 14.4. The van der Waals surface area contributed by atoms with Gasteiger partial charge in [-0.05, 0) is 47.4 Å². The topological polar surface area (TPSA) is 55.1 Å². The van der Waals surface area contributed by atoms with Crippen molar-refractivity contribution in [3.8, 4) is 0 Å². The van der Waals surface area contributed by atoms with Gasteiger partial charge in [0.15, 0.2) is 0 Å². The third-order valence-electron chi connectivity index (χ3n) is 3.68. The van der Waals surface area contributed by atoms with Gasteiger partial charge in [-0.2, -0.15) is 0 Å². The lowest BCUT2D eigenvalue weighted by Crippen LogP contribution is -2.20. The van der Waals surface area contributed by atoms with Gasteiger partial charge in [-0.3, -0.25) is 4.79 Å². The lowest BCUT2D eigenvalue weighted by atomic mass is 9.94. The summed E-state index contributed by atoms with van der Waals surface area (Å²) in [5.41, 5.74) is 10.0. The van der Waals surface area contributed by atoms with Crippen molar-refractivity contribution in [3.05, 3.63) is 63.1 Å². The van der Waals surface area contributed by atoms with Crippen LogP contribution in [0.4, 0.5) is 5.69 Å². The van der Waals surface area contributed by atoms with E-state index in [4.69, 9.17) is 28.9 Å². The van der Waals surface area contributed by atoms with E-state index < -0.39 is 0 Å². The van der Waals surface area contributed by atoms with Crippen molar-refractivity contribution in [1.82, 2.24) is 0 Å². The highest BCUT2D eigenvalue weighted by Crippen LogP contribution is 2.32. The van der Waals surface area contributed by atoms with E-state index in [0.717, 1.165) is 28.8 Å². The normalized spacial score (nSPS) is 15.3. The summed E-state index contributed by atoms with van der Waals surface area (Å²) in [6.07, 6.45) is 1.23. The van der Waals surface area contributed by atoms with Crippen LogP contribution in [0, 0.1) is 0 Å². The molecule has 108 valence electrons. The Labute approximate surface area is 133 Å². The number of aryl methyl sites for hydroxylation is 1. The number of anilines is 1. The average molecular weight is 321 g/mol. The minimum atomic E-state index is -0.348. The predicted molar refractivity (Wildman–Crippen MR) is 85.9 cm³/mol. The molecular weight excluding hydrogens is 307 g/mol. The molecule has 1 aliphatic heterocycles. The number of halogens is 2. The van der Waals surface area contributed by atoms with E-state index in [0.29, 0.717) is 16.5 Å². The van der Waals surface area contributed by atoms with E-state index in [9.17, 15) is 4.79 Å². The molecule has 3 nitrogen and oxygen atoms in total. The molecular formula is C16H14Cl2N2O.